The predicted octanol–water partition coefficient (Wildman–Crippen LogP) is 2.58. The first-order chi connectivity index (χ1) is 11.5. The van der Waals surface area contributed by atoms with Crippen molar-refractivity contribution in [2.75, 3.05) is 13.2 Å². The molecule has 1 saturated carbocycles. The Hall–Kier alpha value is -1.89. The predicted molar refractivity (Wildman–Crippen MR) is 85.8 cm³/mol. The Morgan fingerprint density at radius 3 is 2.67 bits per heavy atom. The van der Waals surface area contributed by atoms with Crippen LogP contribution in [0.5, 0.6) is 5.75 Å². The number of rotatable bonds is 6. The van der Waals surface area contributed by atoms with Crippen molar-refractivity contribution in [2.24, 2.45) is 5.92 Å². The van der Waals surface area contributed by atoms with Gasteiger partial charge < -0.3 is 20.5 Å². The maximum atomic E-state index is 13.5. The number of ether oxygens (including phenoxy) is 1. The minimum Gasteiger partial charge on any atom is -0.488 e. The molecule has 5 nitrogen and oxygen atoms in total. The van der Waals surface area contributed by atoms with Gasteiger partial charge in [0, 0.05) is 18.7 Å². The lowest BCUT2D eigenvalue weighted by Gasteiger charge is -2.28. The van der Waals surface area contributed by atoms with Crippen LogP contribution >= 0.6 is 0 Å². The summed E-state index contributed by atoms with van der Waals surface area (Å²) in [5, 5.41) is 14.7. The number of hydrogen-bond acceptors (Lipinski definition) is 3. The second-order valence-corrected chi connectivity index (χ2v) is 6.30. The second-order valence-electron chi connectivity index (χ2n) is 6.30. The van der Waals surface area contributed by atoms with E-state index in [1.54, 1.807) is 6.92 Å². The molecule has 0 aliphatic heterocycles. The highest BCUT2D eigenvalue weighted by molar-refractivity contribution is 5.74. The smallest absolute Gasteiger partial charge is 0.315 e. The zero-order chi connectivity index (χ0) is 17.5. The van der Waals surface area contributed by atoms with E-state index in [2.05, 4.69) is 10.6 Å². The van der Waals surface area contributed by atoms with Gasteiger partial charge in [-0.1, -0.05) is 0 Å². The van der Waals surface area contributed by atoms with E-state index in [0.29, 0.717) is 5.92 Å². The highest BCUT2D eigenvalue weighted by atomic mass is 19.1. The van der Waals surface area contributed by atoms with Crippen LogP contribution in [0.1, 0.15) is 32.6 Å². The Morgan fingerprint density at radius 2 is 2.04 bits per heavy atom. The lowest BCUT2D eigenvalue weighted by molar-refractivity contribution is 0.173. The monoisotopic (exact) mass is 342 g/mol. The number of nitrogens with one attached hydrogen (secondary N) is 2. The zero-order valence-electron chi connectivity index (χ0n) is 13.7. The van der Waals surface area contributed by atoms with Crippen LogP contribution in [0, 0.1) is 17.6 Å². The Kier molecular flexibility index (Phi) is 6.78. The number of urea groups is 1. The summed E-state index contributed by atoms with van der Waals surface area (Å²) in [5.41, 5.74) is 0. The third-order valence-corrected chi connectivity index (χ3v) is 4.20. The fourth-order valence-electron chi connectivity index (χ4n) is 2.79. The molecule has 134 valence electrons. The fraction of sp³-hybridized carbons (Fsp3) is 0.588. The molecule has 1 aromatic rings. The van der Waals surface area contributed by atoms with Gasteiger partial charge in [0.15, 0.2) is 11.6 Å². The van der Waals surface area contributed by atoms with E-state index in [1.807, 2.05) is 0 Å². The zero-order valence-corrected chi connectivity index (χ0v) is 13.7. The molecule has 1 aromatic carbocycles. The van der Waals surface area contributed by atoms with E-state index in [4.69, 9.17) is 9.84 Å². The Bertz CT molecular complexity index is 549. The normalized spacial score (nSPS) is 21.8. The van der Waals surface area contributed by atoms with Crippen LogP contribution < -0.4 is 15.4 Å². The topological polar surface area (TPSA) is 70.6 Å². The number of carbonyl (C=O) groups excluding carboxylic acids is 1. The standard InChI is InChI=1S/C17H24F2N2O3/c1-11(10-24-16-7-4-13(18)8-15(16)19)20-17(23)21-14-5-2-12(9-22)3-6-14/h4,7-8,11-12,14,22H,2-3,5-6,9-10H2,1H3,(H2,20,21,23). The van der Waals surface area contributed by atoms with Crippen LogP contribution in [0.15, 0.2) is 18.2 Å². The average molecular weight is 342 g/mol. The minimum atomic E-state index is -0.771. The van der Waals surface area contributed by atoms with Crippen molar-refractivity contribution in [2.45, 2.75) is 44.7 Å². The molecule has 0 aromatic heterocycles. The summed E-state index contributed by atoms with van der Waals surface area (Å²) in [4.78, 5) is 11.9. The molecule has 1 aliphatic carbocycles. The van der Waals surface area contributed by atoms with E-state index in [0.717, 1.165) is 37.8 Å². The number of amides is 2. The third-order valence-electron chi connectivity index (χ3n) is 4.20. The van der Waals surface area contributed by atoms with Gasteiger partial charge in [0.2, 0.25) is 0 Å². The molecule has 0 bridgehead atoms. The van der Waals surface area contributed by atoms with E-state index in [1.165, 1.54) is 6.07 Å². The molecular weight excluding hydrogens is 318 g/mol. The largest absolute Gasteiger partial charge is 0.488 e. The van der Waals surface area contributed by atoms with Gasteiger partial charge in [0.1, 0.15) is 12.4 Å². The van der Waals surface area contributed by atoms with Gasteiger partial charge in [-0.15, -0.1) is 0 Å². The van der Waals surface area contributed by atoms with Crippen molar-refractivity contribution in [1.82, 2.24) is 10.6 Å². The van der Waals surface area contributed by atoms with Crippen LogP contribution in [0.2, 0.25) is 0 Å². The molecule has 2 rings (SSSR count). The lowest BCUT2D eigenvalue weighted by Crippen LogP contribution is -2.48. The van der Waals surface area contributed by atoms with Crippen LogP contribution in [-0.4, -0.2) is 36.4 Å². The van der Waals surface area contributed by atoms with Crippen LogP contribution in [0.4, 0.5) is 13.6 Å². The van der Waals surface area contributed by atoms with Gasteiger partial charge >= 0.3 is 6.03 Å². The second kappa shape index (κ2) is 8.82. The number of halogens is 2. The van der Waals surface area contributed by atoms with Crippen molar-refractivity contribution < 1.29 is 23.4 Å². The number of hydrogen-bond donors (Lipinski definition) is 3. The van der Waals surface area contributed by atoms with Crippen molar-refractivity contribution in [3.63, 3.8) is 0 Å². The van der Waals surface area contributed by atoms with Crippen LogP contribution in [-0.2, 0) is 0 Å². The lowest BCUT2D eigenvalue weighted by atomic mass is 9.87. The van der Waals surface area contributed by atoms with Crippen molar-refractivity contribution in [3.8, 4) is 5.75 Å². The maximum absolute atomic E-state index is 13.5. The van der Waals surface area contributed by atoms with Gasteiger partial charge in [0.25, 0.3) is 0 Å². The summed E-state index contributed by atoms with van der Waals surface area (Å²) < 4.78 is 31.5. The van der Waals surface area contributed by atoms with E-state index >= 15 is 0 Å². The Labute approximate surface area is 140 Å². The fourth-order valence-corrected chi connectivity index (χ4v) is 2.79. The molecule has 3 N–H and O–H groups in total. The van der Waals surface area contributed by atoms with E-state index < -0.39 is 11.6 Å². The molecule has 1 fully saturated rings. The quantitative estimate of drug-likeness (QED) is 0.744. The SMILES string of the molecule is CC(COc1ccc(F)cc1F)NC(=O)NC1CCC(CO)CC1. The molecule has 1 atom stereocenters. The summed E-state index contributed by atoms with van der Waals surface area (Å²) >= 11 is 0. The summed E-state index contributed by atoms with van der Waals surface area (Å²) in [6, 6.07) is 2.57. The van der Waals surface area contributed by atoms with Crippen molar-refractivity contribution in [1.29, 1.82) is 0 Å². The first-order valence-corrected chi connectivity index (χ1v) is 8.23. The van der Waals surface area contributed by atoms with Crippen molar-refractivity contribution >= 4 is 6.03 Å². The van der Waals surface area contributed by atoms with Gasteiger partial charge in [-0.05, 0) is 50.7 Å². The number of carbonyl (C=O) groups is 1. The van der Waals surface area contributed by atoms with Crippen LogP contribution in [0.25, 0.3) is 0 Å². The summed E-state index contributed by atoms with van der Waals surface area (Å²) in [6.45, 7) is 2.02. The molecule has 7 heteroatoms. The highest BCUT2D eigenvalue weighted by Gasteiger charge is 2.22. The van der Waals surface area contributed by atoms with Crippen molar-refractivity contribution in [3.05, 3.63) is 29.8 Å². The summed E-state index contributed by atoms with van der Waals surface area (Å²) in [5.74, 6) is -1.15. The van der Waals surface area contributed by atoms with Gasteiger partial charge in [0.05, 0.1) is 6.04 Å². The van der Waals surface area contributed by atoms with Crippen LogP contribution in [0.3, 0.4) is 0 Å². The third kappa shape index (κ3) is 5.63. The molecule has 0 spiro atoms. The molecule has 1 unspecified atom stereocenters. The molecular formula is C17H24F2N2O3. The molecule has 24 heavy (non-hydrogen) atoms. The van der Waals surface area contributed by atoms with E-state index in [-0.39, 0.29) is 37.1 Å². The van der Waals surface area contributed by atoms with Gasteiger partial charge in [-0.3, -0.25) is 0 Å². The molecule has 0 saturated heterocycles. The highest BCUT2D eigenvalue weighted by Crippen LogP contribution is 2.23. The molecule has 0 heterocycles. The summed E-state index contributed by atoms with van der Waals surface area (Å²) in [6.07, 6.45) is 3.52. The minimum absolute atomic E-state index is 0.0483. The number of aliphatic hydroxyl groups excluding tert-OH is 1. The molecule has 2 amide bonds. The van der Waals surface area contributed by atoms with Gasteiger partial charge in [-0.25, -0.2) is 13.6 Å². The van der Waals surface area contributed by atoms with E-state index in [9.17, 15) is 13.6 Å². The number of aliphatic hydroxyl groups is 1. The molecule has 1 aliphatic rings. The average Bonchev–Trinajstić information content (AvgIpc) is 2.54. The maximum Gasteiger partial charge on any atom is 0.315 e. The first-order valence-electron chi connectivity index (χ1n) is 8.23. The molecule has 0 radical (unpaired) electrons. The Morgan fingerprint density at radius 1 is 1.33 bits per heavy atom. The first kappa shape index (κ1) is 18.4. The Balaban J connectivity index is 1.70. The number of benzene rings is 1. The van der Waals surface area contributed by atoms with Gasteiger partial charge in [-0.2, -0.15) is 0 Å². The summed E-state index contributed by atoms with van der Waals surface area (Å²) in [7, 11) is 0.